The Labute approximate surface area is 122 Å². The number of benzene rings is 1. The third-order valence-electron chi connectivity index (χ3n) is 2.58. The zero-order chi connectivity index (χ0) is 12.3. The van der Waals surface area contributed by atoms with Crippen molar-refractivity contribution in [2.45, 2.75) is 0 Å². The highest BCUT2D eigenvalue weighted by Crippen LogP contribution is 2.25. The Morgan fingerprint density at radius 3 is 2.50 bits per heavy atom. The van der Waals surface area contributed by atoms with Gasteiger partial charge in [-0.15, -0.1) is 12.4 Å². The average molecular weight is 311 g/mol. The van der Waals surface area contributed by atoms with Crippen LogP contribution < -0.4 is 10.6 Å². The smallest absolute Gasteiger partial charge is 0.321 e. The summed E-state index contributed by atoms with van der Waals surface area (Å²) in [6, 6.07) is 4.93. The van der Waals surface area contributed by atoms with Gasteiger partial charge in [0.25, 0.3) is 0 Å². The van der Waals surface area contributed by atoms with Crippen molar-refractivity contribution in [1.29, 1.82) is 0 Å². The number of rotatable bonds is 1. The number of carbonyl (C=O) groups is 1. The number of urea groups is 1. The fourth-order valence-electron chi connectivity index (χ4n) is 1.64. The van der Waals surface area contributed by atoms with Crippen LogP contribution in [0.3, 0.4) is 0 Å². The number of nitrogens with zero attached hydrogens (tertiary/aromatic N) is 1. The van der Waals surface area contributed by atoms with E-state index in [4.69, 9.17) is 23.2 Å². The van der Waals surface area contributed by atoms with Gasteiger partial charge in [0.05, 0.1) is 10.0 Å². The van der Waals surface area contributed by atoms with Crippen LogP contribution >= 0.6 is 35.6 Å². The van der Waals surface area contributed by atoms with Gasteiger partial charge in [0, 0.05) is 31.9 Å². The maximum absolute atomic E-state index is 11.9. The lowest BCUT2D eigenvalue weighted by atomic mass is 10.3. The zero-order valence-corrected chi connectivity index (χ0v) is 11.9. The highest BCUT2D eigenvalue weighted by Gasteiger charge is 2.16. The third kappa shape index (κ3) is 3.92. The molecule has 1 aliphatic rings. The molecule has 0 spiro atoms. The quantitative estimate of drug-likeness (QED) is 0.838. The minimum Gasteiger partial charge on any atom is -0.322 e. The van der Waals surface area contributed by atoms with Crippen molar-refractivity contribution in [2.24, 2.45) is 0 Å². The first-order chi connectivity index (χ1) is 8.16. The molecule has 4 nitrogen and oxygen atoms in total. The molecule has 0 radical (unpaired) electrons. The Bertz CT molecular complexity index is 422. The van der Waals surface area contributed by atoms with Crippen LogP contribution in [0.1, 0.15) is 0 Å². The van der Waals surface area contributed by atoms with E-state index in [1.165, 1.54) is 0 Å². The van der Waals surface area contributed by atoms with Crippen LogP contribution in [0.5, 0.6) is 0 Å². The van der Waals surface area contributed by atoms with Crippen LogP contribution in [0, 0.1) is 0 Å². The lowest BCUT2D eigenvalue weighted by Gasteiger charge is -2.27. The number of halogens is 3. The standard InChI is InChI=1S/C11H13Cl2N3O.ClH/c12-9-2-1-8(7-10(9)13)15-11(17)16-5-3-14-4-6-16;/h1-2,7,14H,3-6H2,(H,15,17);1H. The van der Waals surface area contributed by atoms with Gasteiger partial charge >= 0.3 is 6.03 Å². The van der Waals surface area contributed by atoms with Crippen molar-refractivity contribution in [3.05, 3.63) is 28.2 Å². The molecule has 2 rings (SSSR count). The van der Waals surface area contributed by atoms with E-state index in [9.17, 15) is 4.79 Å². The minimum atomic E-state index is -0.107. The first-order valence-electron chi connectivity index (χ1n) is 5.38. The van der Waals surface area contributed by atoms with E-state index in [1.807, 2.05) is 0 Å². The second-order valence-corrected chi connectivity index (χ2v) is 4.61. The maximum atomic E-state index is 11.9. The summed E-state index contributed by atoms with van der Waals surface area (Å²) in [6.45, 7) is 3.09. The number of nitrogens with one attached hydrogen (secondary N) is 2. The zero-order valence-electron chi connectivity index (χ0n) is 9.58. The average Bonchev–Trinajstić information content (AvgIpc) is 2.35. The predicted molar refractivity (Wildman–Crippen MR) is 77.2 cm³/mol. The number of hydrogen-bond acceptors (Lipinski definition) is 2. The van der Waals surface area contributed by atoms with Gasteiger partial charge in [0.1, 0.15) is 0 Å². The first kappa shape index (κ1) is 15.4. The Morgan fingerprint density at radius 1 is 1.22 bits per heavy atom. The third-order valence-corrected chi connectivity index (χ3v) is 3.31. The van der Waals surface area contributed by atoms with Gasteiger partial charge in [-0.3, -0.25) is 0 Å². The summed E-state index contributed by atoms with van der Waals surface area (Å²) in [7, 11) is 0. The van der Waals surface area contributed by atoms with Crippen LogP contribution in [-0.4, -0.2) is 37.1 Å². The van der Waals surface area contributed by atoms with Crippen LogP contribution in [-0.2, 0) is 0 Å². The molecule has 1 aliphatic heterocycles. The van der Waals surface area contributed by atoms with Crippen LogP contribution in [0.2, 0.25) is 10.0 Å². The molecule has 0 aromatic heterocycles. The number of piperazine rings is 1. The monoisotopic (exact) mass is 309 g/mol. The molecule has 0 bridgehead atoms. The molecule has 1 fully saturated rings. The summed E-state index contributed by atoms with van der Waals surface area (Å²) >= 11 is 11.7. The largest absolute Gasteiger partial charge is 0.322 e. The van der Waals surface area contributed by atoms with Gasteiger partial charge in [0.15, 0.2) is 0 Å². The molecule has 0 saturated carbocycles. The summed E-state index contributed by atoms with van der Waals surface area (Å²) in [5.41, 5.74) is 0.655. The van der Waals surface area contributed by atoms with E-state index in [-0.39, 0.29) is 18.4 Å². The van der Waals surface area contributed by atoms with Gasteiger partial charge in [0.2, 0.25) is 0 Å². The van der Waals surface area contributed by atoms with Crippen molar-refractivity contribution in [3.8, 4) is 0 Å². The van der Waals surface area contributed by atoms with E-state index in [0.717, 1.165) is 13.1 Å². The normalized spacial score (nSPS) is 14.9. The summed E-state index contributed by atoms with van der Waals surface area (Å²) in [5, 5.41) is 6.90. The lowest BCUT2D eigenvalue weighted by Crippen LogP contribution is -2.48. The molecule has 18 heavy (non-hydrogen) atoms. The Balaban J connectivity index is 0.00000162. The van der Waals surface area contributed by atoms with Crippen molar-refractivity contribution in [2.75, 3.05) is 31.5 Å². The molecular weight excluding hydrogens is 297 g/mol. The van der Waals surface area contributed by atoms with Gasteiger partial charge in [-0.05, 0) is 18.2 Å². The summed E-state index contributed by atoms with van der Waals surface area (Å²) < 4.78 is 0. The predicted octanol–water partition coefficient (Wildman–Crippen LogP) is 2.85. The Kier molecular flexibility index (Phi) is 6.02. The molecule has 1 saturated heterocycles. The minimum absolute atomic E-state index is 0. The second kappa shape index (κ2) is 7.04. The van der Waals surface area contributed by atoms with Crippen molar-refractivity contribution >= 4 is 47.3 Å². The van der Waals surface area contributed by atoms with Gasteiger partial charge in [-0.25, -0.2) is 4.79 Å². The summed E-state index contributed by atoms with van der Waals surface area (Å²) in [6.07, 6.45) is 0. The summed E-state index contributed by atoms with van der Waals surface area (Å²) in [4.78, 5) is 13.6. The van der Waals surface area contributed by atoms with Crippen LogP contribution in [0.4, 0.5) is 10.5 Å². The summed E-state index contributed by atoms with van der Waals surface area (Å²) in [5.74, 6) is 0. The first-order valence-corrected chi connectivity index (χ1v) is 6.14. The molecule has 1 aromatic carbocycles. The van der Waals surface area contributed by atoms with E-state index in [1.54, 1.807) is 23.1 Å². The molecule has 7 heteroatoms. The van der Waals surface area contributed by atoms with E-state index in [0.29, 0.717) is 28.8 Å². The molecule has 0 unspecified atom stereocenters. The number of hydrogen-bond donors (Lipinski definition) is 2. The fraction of sp³-hybridized carbons (Fsp3) is 0.364. The van der Waals surface area contributed by atoms with Gasteiger partial charge < -0.3 is 15.5 Å². The van der Waals surface area contributed by atoms with Crippen molar-refractivity contribution in [3.63, 3.8) is 0 Å². The lowest BCUT2D eigenvalue weighted by molar-refractivity contribution is 0.204. The molecular formula is C11H14Cl3N3O. The highest BCUT2D eigenvalue weighted by atomic mass is 35.5. The molecule has 1 aromatic rings. The SMILES string of the molecule is Cl.O=C(Nc1ccc(Cl)c(Cl)c1)N1CCNCC1. The van der Waals surface area contributed by atoms with Gasteiger partial charge in [-0.2, -0.15) is 0 Å². The number of anilines is 1. The molecule has 2 N–H and O–H groups in total. The molecule has 0 atom stereocenters. The molecule has 1 heterocycles. The number of carbonyl (C=O) groups excluding carboxylic acids is 1. The number of amides is 2. The Morgan fingerprint density at radius 2 is 1.89 bits per heavy atom. The highest BCUT2D eigenvalue weighted by molar-refractivity contribution is 6.42. The van der Waals surface area contributed by atoms with Crippen molar-refractivity contribution in [1.82, 2.24) is 10.2 Å². The van der Waals surface area contributed by atoms with Crippen LogP contribution in [0.15, 0.2) is 18.2 Å². The van der Waals surface area contributed by atoms with E-state index < -0.39 is 0 Å². The van der Waals surface area contributed by atoms with E-state index >= 15 is 0 Å². The maximum Gasteiger partial charge on any atom is 0.321 e. The fourth-order valence-corrected chi connectivity index (χ4v) is 1.94. The van der Waals surface area contributed by atoms with Gasteiger partial charge in [-0.1, -0.05) is 23.2 Å². The second-order valence-electron chi connectivity index (χ2n) is 3.80. The van der Waals surface area contributed by atoms with Crippen molar-refractivity contribution < 1.29 is 4.79 Å². The topological polar surface area (TPSA) is 44.4 Å². The molecule has 0 aliphatic carbocycles. The van der Waals surface area contributed by atoms with E-state index in [2.05, 4.69) is 10.6 Å². The molecule has 2 amide bonds. The Hall–Kier alpha value is -0.680. The molecule has 100 valence electrons. The van der Waals surface area contributed by atoms with Crippen LogP contribution in [0.25, 0.3) is 0 Å².